The molecule has 0 saturated carbocycles. The van der Waals surface area contributed by atoms with Gasteiger partial charge < -0.3 is 19.5 Å². The molecule has 4 aromatic carbocycles. The molecule has 0 spiro atoms. The van der Waals surface area contributed by atoms with Gasteiger partial charge in [-0.2, -0.15) is 0 Å². The Labute approximate surface area is 296 Å². The van der Waals surface area contributed by atoms with Crippen LogP contribution in [0.4, 0.5) is 10.3 Å². The summed E-state index contributed by atoms with van der Waals surface area (Å²) in [4.78, 5) is 40.2. The van der Waals surface area contributed by atoms with Crippen LogP contribution in [-0.4, -0.2) is 77.9 Å². The van der Waals surface area contributed by atoms with Crippen LogP contribution in [0.5, 0.6) is 5.75 Å². The summed E-state index contributed by atoms with van der Waals surface area (Å²) < 4.78 is 12.5. The maximum Gasteiger partial charge on any atom is 0.356 e. The van der Waals surface area contributed by atoms with Crippen molar-refractivity contribution in [3.05, 3.63) is 101 Å². The van der Waals surface area contributed by atoms with Crippen molar-refractivity contribution in [3.63, 3.8) is 0 Å². The number of morpholine rings is 1. The van der Waals surface area contributed by atoms with Crippen LogP contribution in [0.25, 0.3) is 31.4 Å². The number of aromatic nitrogens is 2. The molecule has 0 aliphatic carbocycles. The van der Waals surface area contributed by atoms with E-state index in [2.05, 4.69) is 25.1 Å². The van der Waals surface area contributed by atoms with Crippen LogP contribution in [0.15, 0.2) is 78.9 Å². The van der Waals surface area contributed by atoms with Gasteiger partial charge in [-0.15, -0.1) is 0 Å². The van der Waals surface area contributed by atoms with Gasteiger partial charge in [-0.3, -0.25) is 15.0 Å². The predicted octanol–water partition coefficient (Wildman–Crippen LogP) is 7.19. The van der Waals surface area contributed by atoms with Crippen molar-refractivity contribution in [2.75, 3.05) is 56.2 Å². The number of ether oxygens (including phenoxy) is 2. The molecule has 0 radical (unpaired) electrons. The maximum absolute atomic E-state index is 13.5. The number of carboxylic acids is 1. The van der Waals surface area contributed by atoms with Crippen molar-refractivity contribution in [2.24, 2.45) is 0 Å². The summed E-state index contributed by atoms with van der Waals surface area (Å²) >= 11 is 2.81. The third kappa shape index (κ3) is 6.79. The fraction of sp³-hybridized carbons (Fsp3) is 0.263. The van der Waals surface area contributed by atoms with Gasteiger partial charge in [0.25, 0.3) is 5.91 Å². The zero-order valence-corrected chi connectivity index (χ0v) is 28.9. The van der Waals surface area contributed by atoms with Crippen molar-refractivity contribution >= 4 is 65.8 Å². The summed E-state index contributed by atoms with van der Waals surface area (Å²) in [5, 5.41) is 16.4. The summed E-state index contributed by atoms with van der Waals surface area (Å²) in [5.74, 6) is -0.472. The number of hydrogen-bond donors (Lipinski definition) is 2. The summed E-state index contributed by atoms with van der Waals surface area (Å²) in [7, 11) is 0. The zero-order valence-electron chi connectivity index (χ0n) is 27.3. The number of aromatic carboxylic acids is 1. The number of carboxylic acid groups (broad SMARTS) is 1. The maximum atomic E-state index is 13.5. The molecule has 8 rings (SSSR count). The molecule has 254 valence electrons. The van der Waals surface area contributed by atoms with E-state index >= 15 is 0 Å². The van der Waals surface area contributed by atoms with Crippen LogP contribution in [0, 0.1) is 0 Å². The van der Waals surface area contributed by atoms with Gasteiger partial charge in [0.05, 0.1) is 34.9 Å². The second kappa shape index (κ2) is 14.2. The number of nitrogens with zero attached hydrogens (tertiary/aromatic N) is 4. The molecule has 2 aromatic heterocycles. The standard InChI is InChI=1S/C38H35N5O5S2/c44-35(41-37-39-31-7-1-2-8-32(31)49-37)29-6-3-5-24-13-15-43(23-30(24)29)38-40-33(36(45)46)34(50-38)27-10-9-26-22-28(12-11-25(26)21-27)48-18-4-14-42-16-19-47-20-17-42/h1-3,5-12,21-22H,4,13-20,23H2,(H,45,46)(H,39,41,44). The highest BCUT2D eigenvalue weighted by Gasteiger charge is 2.27. The van der Waals surface area contributed by atoms with E-state index in [1.54, 1.807) is 0 Å². The Hall–Kier alpha value is -4.88. The monoisotopic (exact) mass is 705 g/mol. The highest BCUT2D eigenvalue weighted by atomic mass is 32.1. The van der Waals surface area contributed by atoms with Crippen LogP contribution < -0.4 is 15.0 Å². The minimum absolute atomic E-state index is 0.0252. The number of benzene rings is 4. The van der Waals surface area contributed by atoms with Gasteiger partial charge in [-0.1, -0.05) is 65.1 Å². The van der Waals surface area contributed by atoms with Crippen LogP contribution >= 0.6 is 22.7 Å². The lowest BCUT2D eigenvalue weighted by Crippen LogP contribution is -2.37. The first kappa shape index (κ1) is 32.3. The molecule has 0 bridgehead atoms. The molecule has 1 saturated heterocycles. The molecule has 2 aliphatic heterocycles. The average molecular weight is 706 g/mol. The molecule has 10 nitrogen and oxygen atoms in total. The number of carbonyl (C=O) groups is 2. The van der Waals surface area contributed by atoms with Gasteiger partial charge in [0.2, 0.25) is 0 Å². The molecule has 6 aromatic rings. The Balaban J connectivity index is 0.988. The molecule has 2 N–H and O–H groups in total. The number of thiazole rings is 2. The second-order valence-electron chi connectivity index (χ2n) is 12.4. The van der Waals surface area contributed by atoms with Crippen LogP contribution in [0.1, 0.15) is 38.4 Å². The lowest BCUT2D eigenvalue weighted by Gasteiger charge is -2.29. The smallest absolute Gasteiger partial charge is 0.356 e. The fourth-order valence-electron chi connectivity index (χ4n) is 6.59. The molecule has 50 heavy (non-hydrogen) atoms. The van der Waals surface area contributed by atoms with E-state index in [9.17, 15) is 14.7 Å². The first-order valence-electron chi connectivity index (χ1n) is 16.7. The Morgan fingerprint density at radius 2 is 1.76 bits per heavy atom. The van der Waals surface area contributed by atoms with Crippen LogP contribution in [-0.2, 0) is 17.7 Å². The number of nitrogens with one attached hydrogen (secondary N) is 1. The topological polar surface area (TPSA) is 117 Å². The average Bonchev–Trinajstić information content (AvgIpc) is 3.78. The van der Waals surface area contributed by atoms with E-state index in [0.717, 1.165) is 82.7 Å². The Kier molecular flexibility index (Phi) is 9.15. The van der Waals surface area contributed by atoms with Gasteiger partial charge in [-0.05, 0) is 76.7 Å². The summed E-state index contributed by atoms with van der Waals surface area (Å²) in [6.45, 7) is 6.28. The van der Waals surface area contributed by atoms with Gasteiger partial charge in [0, 0.05) is 38.3 Å². The SMILES string of the molecule is O=C(Nc1nc2ccccc2s1)c1cccc2c1CN(c1nc(C(=O)O)c(-c3ccc4cc(OCCCN5CCOCC5)ccc4c3)s1)CC2. The molecule has 0 unspecified atom stereocenters. The Bertz CT molecular complexity index is 2180. The zero-order chi connectivity index (χ0) is 34.0. The number of anilines is 2. The predicted molar refractivity (Wildman–Crippen MR) is 198 cm³/mol. The quantitative estimate of drug-likeness (QED) is 0.143. The molecular weight excluding hydrogens is 671 g/mol. The highest BCUT2D eigenvalue weighted by Crippen LogP contribution is 2.39. The molecule has 4 heterocycles. The van der Waals surface area contributed by atoms with Crippen molar-refractivity contribution in [1.82, 2.24) is 14.9 Å². The first-order valence-corrected chi connectivity index (χ1v) is 18.4. The largest absolute Gasteiger partial charge is 0.494 e. The summed E-state index contributed by atoms with van der Waals surface area (Å²) in [5.41, 5.74) is 4.26. The van der Waals surface area contributed by atoms with E-state index < -0.39 is 5.97 Å². The molecule has 1 fully saturated rings. The third-order valence-corrected chi connectivity index (χ3v) is 11.3. The van der Waals surface area contributed by atoms with Crippen LogP contribution in [0.2, 0.25) is 0 Å². The minimum Gasteiger partial charge on any atom is -0.494 e. The molecule has 2 aliphatic rings. The van der Waals surface area contributed by atoms with Crippen LogP contribution in [0.3, 0.4) is 0 Å². The van der Waals surface area contributed by atoms with E-state index in [0.29, 0.717) is 46.8 Å². The molecule has 12 heteroatoms. The van der Waals surface area contributed by atoms with Crippen molar-refractivity contribution < 1.29 is 24.2 Å². The number of rotatable bonds is 10. The lowest BCUT2D eigenvalue weighted by molar-refractivity contribution is 0.0358. The van der Waals surface area contributed by atoms with Gasteiger partial charge in [-0.25, -0.2) is 14.8 Å². The second-order valence-corrected chi connectivity index (χ2v) is 14.4. The van der Waals surface area contributed by atoms with Gasteiger partial charge in [0.15, 0.2) is 16.0 Å². The van der Waals surface area contributed by atoms with E-state index in [4.69, 9.17) is 9.47 Å². The Morgan fingerprint density at radius 3 is 2.62 bits per heavy atom. The molecule has 1 amide bonds. The lowest BCUT2D eigenvalue weighted by atomic mass is 9.94. The van der Waals surface area contributed by atoms with E-state index in [1.807, 2.05) is 78.9 Å². The number of amides is 1. The Morgan fingerprint density at radius 1 is 0.920 bits per heavy atom. The molecule has 0 atom stereocenters. The minimum atomic E-state index is -1.07. The van der Waals surface area contributed by atoms with E-state index in [1.165, 1.54) is 22.7 Å². The van der Waals surface area contributed by atoms with Crippen molar-refractivity contribution in [2.45, 2.75) is 19.4 Å². The summed E-state index contributed by atoms with van der Waals surface area (Å²) in [6.07, 6.45) is 1.66. The number of hydrogen-bond acceptors (Lipinski definition) is 10. The van der Waals surface area contributed by atoms with Crippen molar-refractivity contribution in [3.8, 4) is 16.2 Å². The van der Waals surface area contributed by atoms with Gasteiger partial charge >= 0.3 is 5.97 Å². The number of carbonyl (C=O) groups excluding carboxylic acids is 1. The first-order chi connectivity index (χ1) is 24.5. The third-order valence-electron chi connectivity index (χ3n) is 9.19. The van der Waals surface area contributed by atoms with Gasteiger partial charge in [0.1, 0.15) is 5.75 Å². The summed E-state index contributed by atoms with van der Waals surface area (Å²) in [6, 6.07) is 25.6. The highest BCUT2D eigenvalue weighted by molar-refractivity contribution is 7.22. The van der Waals surface area contributed by atoms with Crippen molar-refractivity contribution in [1.29, 1.82) is 0 Å². The number of para-hydroxylation sites is 1. The molecular formula is C38H35N5O5S2. The van der Waals surface area contributed by atoms with E-state index in [-0.39, 0.29) is 11.6 Å². The number of fused-ring (bicyclic) bond motifs is 3. The fourth-order valence-corrected chi connectivity index (χ4v) is 8.53. The normalized spacial score (nSPS) is 14.9.